The highest BCUT2D eigenvalue weighted by atomic mass is 16.6. The van der Waals surface area contributed by atoms with Crippen LogP contribution < -0.4 is 0 Å². The van der Waals surface area contributed by atoms with Crippen molar-refractivity contribution in [2.75, 3.05) is 20.1 Å². The lowest BCUT2D eigenvalue weighted by Gasteiger charge is -2.12. The van der Waals surface area contributed by atoms with Crippen LogP contribution in [0.5, 0.6) is 0 Å². The molecule has 0 amide bonds. The van der Waals surface area contributed by atoms with E-state index in [2.05, 4.69) is 18.9 Å². The first-order valence-electron chi connectivity index (χ1n) is 6.93. The van der Waals surface area contributed by atoms with Gasteiger partial charge in [-0.3, -0.25) is 10.1 Å². The molecular weight excluding hydrogens is 240 g/mol. The van der Waals surface area contributed by atoms with E-state index in [4.69, 9.17) is 0 Å². The van der Waals surface area contributed by atoms with E-state index in [0.717, 1.165) is 19.5 Å². The maximum absolute atomic E-state index is 10.8. The molecule has 0 bridgehead atoms. The summed E-state index contributed by atoms with van der Waals surface area (Å²) in [7, 11) is 2.08. The quantitative estimate of drug-likeness (QED) is 0.263. The van der Waals surface area contributed by atoms with Crippen molar-refractivity contribution in [1.82, 2.24) is 4.90 Å². The van der Waals surface area contributed by atoms with Crippen molar-refractivity contribution in [3.8, 4) is 0 Å². The first kappa shape index (κ1) is 17.6. The summed E-state index contributed by atoms with van der Waals surface area (Å²) in [4.78, 5) is 12.7. The molecule has 0 saturated carbocycles. The lowest BCUT2D eigenvalue weighted by atomic mass is 10.2. The lowest BCUT2D eigenvalue weighted by Crippen LogP contribution is -2.19. The molecule has 108 valence electrons. The molecule has 1 unspecified atom stereocenters. The summed E-state index contributed by atoms with van der Waals surface area (Å²) in [6.07, 6.45) is 13.9. The second kappa shape index (κ2) is 11.7. The molecule has 0 spiro atoms. The molecule has 19 heavy (non-hydrogen) atoms. The molecule has 0 N–H and O–H groups in total. The van der Waals surface area contributed by atoms with Crippen LogP contribution in [0.25, 0.3) is 0 Å². The van der Waals surface area contributed by atoms with Crippen molar-refractivity contribution in [1.29, 1.82) is 0 Å². The SMILES string of the molecule is CC/C=C\C(C=C/C=C/CN(C)CCCC)[N+](=O)[O-]. The molecule has 0 heterocycles. The highest BCUT2D eigenvalue weighted by molar-refractivity contribution is 5.09. The van der Waals surface area contributed by atoms with Crippen molar-refractivity contribution in [3.63, 3.8) is 0 Å². The van der Waals surface area contributed by atoms with E-state index >= 15 is 0 Å². The van der Waals surface area contributed by atoms with Gasteiger partial charge in [-0.1, -0.05) is 44.6 Å². The van der Waals surface area contributed by atoms with Gasteiger partial charge in [0.25, 0.3) is 0 Å². The molecule has 0 saturated heterocycles. The Morgan fingerprint density at radius 1 is 1.21 bits per heavy atom. The third-order valence-electron chi connectivity index (χ3n) is 2.68. The Kier molecular flexibility index (Phi) is 10.8. The molecule has 0 radical (unpaired) electrons. The maximum Gasteiger partial charge on any atom is 0.249 e. The summed E-state index contributed by atoms with van der Waals surface area (Å²) in [6, 6.07) is -0.720. The topological polar surface area (TPSA) is 46.4 Å². The fourth-order valence-corrected chi connectivity index (χ4v) is 1.50. The zero-order valence-corrected chi connectivity index (χ0v) is 12.3. The van der Waals surface area contributed by atoms with E-state index in [1.54, 1.807) is 18.2 Å². The molecule has 0 aliphatic rings. The van der Waals surface area contributed by atoms with Crippen molar-refractivity contribution in [2.45, 2.75) is 39.2 Å². The molecule has 4 nitrogen and oxygen atoms in total. The number of unbranched alkanes of at least 4 members (excludes halogenated alkanes) is 1. The van der Waals surface area contributed by atoms with Gasteiger partial charge in [0.15, 0.2) is 0 Å². The third-order valence-corrected chi connectivity index (χ3v) is 2.68. The maximum atomic E-state index is 10.8. The number of nitro groups is 1. The van der Waals surface area contributed by atoms with Crippen LogP contribution in [0.3, 0.4) is 0 Å². The number of hydrogen-bond acceptors (Lipinski definition) is 3. The number of hydrogen-bond donors (Lipinski definition) is 0. The predicted octanol–water partition coefficient (Wildman–Crippen LogP) is 3.44. The van der Waals surface area contributed by atoms with Crippen LogP contribution in [0.2, 0.25) is 0 Å². The van der Waals surface area contributed by atoms with E-state index in [1.165, 1.54) is 12.8 Å². The Bertz CT molecular complexity index is 322. The lowest BCUT2D eigenvalue weighted by molar-refractivity contribution is -0.496. The van der Waals surface area contributed by atoms with Crippen LogP contribution in [0, 0.1) is 10.1 Å². The van der Waals surface area contributed by atoms with Crippen LogP contribution in [0.1, 0.15) is 33.1 Å². The Hall–Kier alpha value is -1.42. The zero-order valence-electron chi connectivity index (χ0n) is 12.3. The van der Waals surface area contributed by atoms with Crippen molar-refractivity contribution in [3.05, 3.63) is 46.6 Å². The van der Waals surface area contributed by atoms with E-state index in [-0.39, 0.29) is 4.92 Å². The van der Waals surface area contributed by atoms with Gasteiger partial charge in [-0.15, -0.1) is 0 Å². The predicted molar refractivity (Wildman–Crippen MR) is 80.9 cm³/mol. The van der Waals surface area contributed by atoms with Crippen LogP contribution in [0.4, 0.5) is 0 Å². The first-order valence-corrected chi connectivity index (χ1v) is 6.93. The Balaban J connectivity index is 4.09. The van der Waals surface area contributed by atoms with E-state index in [9.17, 15) is 10.1 Å². The minimum atomic E-state index is -0.720. The molecule has 0 aliphatic heterocycles. The fraction of sp³-hybridized carbons (Fsp3) is 0.600. The number of likely N-dealkylation sites (N-methyl/N-ethyl adjacent to an activating group) is 1. The molecule has 1 atom stereocenters. The molecule has 4 heteroatoms. The van der Waals surface area contributed by atoms with Gasteiger partial charge < -0.3 is 4.90 Å². The van der Waals surface area contributed by atoms with Gasteiger partial charge in [-0.25, -0.2) is 0 Å². The summed E-state index contributed by atoms with van der Waals surface area (Å²) in [5.41, 5.74) is 0. The van der Waals surface area contributed by atoms with Gasteiger partial charge in [0.1, 0.15) is 0 Å². The molecule has 0 rings (SSSR count). The summed E-state index contributed by atoms with van der Waals surface area (Å²) >= 11 is 0. The second-order valence-corrected chi connectivity index (χ2v) is 4.54. The van der Waals surface area contributed by atoms with Crippen LogP contribution in [0.15, 0.2) is 36.5 Å². The van der Waals surface area contributed by atoms with E-state index < -0.39 is 6.04 Å². The van der Waals surface area contributed by atoms with Gasteiger partial charge in [0.2, 0.25) is 6.04 Å². The first-order chi connectivity index (χ1) is 9.11. The minimum absolute atomic E-state index is 0.288. The molecule has 0 aromatic carbocycles. The normalized spacial score (nSPS) is 14.1. The summed E-state index contributed by atoms with van der Waals surface area (Å²) in [5, 5.41) is 10.8. The average molecular weight is 266 g/mol. The van der Waals surface area contributed by atoms with Gasteiger partial charge in [0, 0.05) is 11.5 Å². The Morgan fingerprint density at radius 2 is 1.95 bits per heavy atom. The monoisotopic (exact) mass is 266 g/mol. The van der Waals surface area contributed by atoms with Gasteiger partial charge in [-0.2, -0.15) is 0 Å². The third kappa shape index (κ3) is 10.2. The van der Waals surface area contributed by atoms with Crippen molar-refractivity contribution < 1.29 is 4.92 Å². The largest absolute Gasteiger partial charge is 0.303 e. The van der Waals surface area contributed by atoms with Crippen LogP contribution in [-0.4, -0.2) is 36.0 Å². The number of nitrogens with zero attached hydrogens (tertiary/aromatic N) is 2. The summed E-state index contributed by atoms with van der Waals surface area (Å²) in [5.74, 6) is 0. The Morgan fingerprint density at radius 3 is 2.53 bits per heavy atom. The van der Waals surface area contributed by atoms with Gasteiger partial charge in [-0.05, 0) is 38.6 Å². The molecule has 0 fully saturated rings. The highest BCUT2D eigenvalue weighted by Gasteiger charge is 2.09. The number of allylic oxidation sites excluding steroid dienone is 3. The Labute approximate surface area is 116 Å². The van der Waals surface area contributed by atoms with Crippen molar-refractivity contribution in [2.24, 2.45) is 0 Å². The minimum Gasteiger partial charge on any atom is -0.303 e. The second-order valence-electron chi connectivity index (χ2n) is 4.54. The van der Waals surface area contributed by atoms with Crippen LogP contribution >= 0.6 is 0 Å². The zero-order chi connectivity index (χ0) is 14.5. The van der Waals surface area contributed by atoms with Crippen LogP contribution in [-0.2, 0) is 0 Å². The average Bonchev–Trinajstić information content (AvgIpc) is 2.39. The molecule has 0 aromatic heterocycles. The molecule has 0 aliphatic carbocycles. The van der Waals surface area contributed by atoms with Gasteiger partial charge in [0.05, 0.1) is 0 Å². The van der Waals surface area contributed by atoms with Gasteiger partial charge >= 0.3 is 0 Å². The number of rotatable bonds is 10. The molecular formula is C15H26N2O2. The summed E-state index contributed by atoms with van der Waals surface area (Å²) in [6.45, 7) is 6.09. The highest BCUT2D eigenvalue weighted by Crippen LogP contribution is 1.98. The standard InChI is InChI=1S/C15H26N2O2/c1-4-6-11-15(17(18)19)12-9-8-10-14-16(3)13-7-5-2/h6,8-12,15H,4-5,7,13-14H2,1-3H3/b10-8+,11-6-,12-9?. The summed E-state index contributed by atoms with van der Waals surface area (Å²) < 4.78 is 0. The molecule has 0 aromatic rings. The smallest absolute Gasteiger partial charge is 0.249 e. The fourth-order valence-electron chi connectivity index (χ4n) is 1.50. The van der Waals surface area contributed by atoms with E-state index in [1.807, 2.05) is 25.2 Å². The van der Waals surface area contributed by atoms with E-state index in [0.29, 0.717) is 0 Å². The van der Waals surface area contributed by atoms with Crippen molar-refractivity contribution >= 4 is 0 Å².